The van der Waals surface area contributed by atoms with Crippen molar-refractivity contribution in [3.63, 3.8) is 0 Å². The lowest BCUT2D eigenvalue weighted by Crippen LogP contribution is -1.96. The summed E-state index contributed by atoms with van der Waals surface area (Å²) in [7, 11) is 0. The molecule has 1 aromatic rings. The number of halogens is 4. The summed E-state index contributed by atoms with van der Waals surface area (Å²) in [6.07, 6.45) is 0. The van der Waals surface area contributed by atoms with Crippen molar-refractivity contribution >= 4 is 44.2 Å². The molecule has 1 rings (SSSR count). The van der Waals surface area contributed by atoms with Gasteiger partial charge >= 0.3 is 0 Å². The largest absolute Gasteiger partial charge is 0.398 e. The fourth-order valence-corrected chi connectivity index (χ4v) is 1.70. The van der Waals surface area contributed by atoms with Gasteiger partial charge in [0.1, 0.15) is 5.82 Å². The second kappa shape index (κ2) is 3.22. The van der Waals surface area contributed by atoms with E-state index >= 15 is 0 Å². The van der Waals surface area contributed by atoms with Crippen LogP contribution in [0.2, 0.25) is 0 Å². The number of hydrogen-bond donors (Lipinski definition) is 1. The van der Waals surface area contributed by atoms with Gasteiger partial charge in [0, 0.05) is 0 Å². The SMILES string of the molecule is Nc1cc(F)c(I)c(F)c1Br. The van der Waals surface area contributed by atoms with Crippen LogP contribution < -0.4 is 5.73 Å². The smallest absolute Gasteiger partial charge is 0.155 e. The standard InChI is InChI=1S/C6H3BrF2IN/c7-4-3(11)1-2(8)6(10)5(4)9/h1H,11H2. The molecule has 0 atom stereocenters. The molecule has 0 aliphatic carbocycles. The molecule has 1 nitrogen and oxygen atoms in total. The Morgan fingerprint density at radius 2 is 2.00 bits per heavy atom. The summed E-state index contributed by atoms with van der Waals surface area (Å²) >= 11 is 4.47. The molecule has 0 fully saturated rings. The van der Waals surface area contributed by atoms with E-state index < -0.39 is 11.6 Å². The Balaban J connectivity index is 3.46. The molecule has 0 bridgehead atoms. The molecular weight excluding hydrogens is 331 g/mol. The zero-order chi connectivity index (χ0) is 8.59. The molecule has 11 heavy (non-hydrogen) atoms. The predicted octanol–water partition coefficient (Wildman–Crippen LogP) is 2.91. The Morgan fingerprint density at radius 3 is 2.55 bits per heavy atom. The van der Waals surface area contributed by atoms with Crippen molar-refractivity contribution in [2.45, 2.75) is 0 Å². The molecule has 0 amide bonds. The summed E-state index contributed by atoms with van der Waals surface area (Å²) < 4.78 is 25.6. The summed E-state index contributed by atoms with van der Waals surface area (Å²) in [5, 5.41) is 0. The van der Waals surface area contributed by atoms with Crippen LogP contribution in [-0.2, 0) is 0 Å². The Labute approximate surface area is 84.2 Å². The third kappa shape index (κ3) is 1.64. The average molecular weight is 334 g/mol. The monoisotopic (exact) mass is 333 g/mol. The van der Waals surface area contributed by atoms with Gasteiger partial charge in [0.25, 0.3) is 0 Å². The van der Waals surface area contributed by atoms with Gasteiger partial charge in [0.2, 0.25) is 0 Å². The number of anilines is 1. The minimum Gasteiger partial charge on any atom is -0.398 e. The summed E-state index contributed by atoms with van der Waals surface area (Å²) in [4.78, 5) is 0. The molecule has 2 N–H and O–H groups in total. The summed E-state index contributed by atoms with van der Waals surface area (Å²) in [5.41, 5.74) is 5.33. The lowest BCUT2D eigenvalue weighted by molar-refractivity contribution is 0.567. The van der Waals surface area contributed by atoms with Crippen molar-refractivity contribution in [1.29, 1.82) is 0 Å². The van der Waals surface area contributed by atoms with E-state index in [0.717, 1.165) is 6.07 Å². The Bertz CT molecular complexity index is 277. The van der Waals surface area contributed by atoms with Crippen molar-refractivity contribution in [2.75, 3.05) is 5.73 Å². The van der Waals surface area contributed by atoms with E-state index in [4.69, 9.17) is 5.73 Å². The maximum atomic E-state index is 12.9. The van der Waals surface area contributed by atoms with Crippen LogP contribution in [-0.4, -0.2) is 0 Å². The van der Waals surface area contributed by atoms with Gasteiger partial charge in [-0.1, -0.05) is 0 Å². The number of rotatable bonds is 0. The summed E-state index contributed by atoms with van der Waals surface area (Å²) in [6, 6.07) is 1.08. The molecule has 0 aliphatic heterocycles. The van der Waals surface area contributed by atoms with Gasteiger partial charge < -0.3 is 5.73 Å². The van der Waals surface area contributed by atoms with E-state index in [0.29, 0.717) is 0 Å². The van der Waals surface area contributed by atoms with E-state index in [1.165, 1.54) is 0 Å². The van der Waals surface area contributed by atoms with Crippen molar-refractivity contribution < 1.29 is 8.78 Å². The van der Waals surface area contributed by atoms with Crippen LogP contribution in [0, 0.1) is 15.2 Å². The molecule has 5 heteroatoms. The van der Waals surface area contributed by atoms with E-state index in [-0.39, 0.29) is 13.7 Å². The van der Waals surface area contributed by atoms with Crippen molar-refractivity contribution in [2.24, 2.45) is 0 Å². The molecule has 0 saturated carbocycles. The van der Waals surface area contributed by atoms with Crippen molar-refractivity contribution in [1.82, 2.24) is 0 Å². The highest BCUT2D eigenvalue weighted by atomic mass is 127. The van der Waals surface area contributed by atoms with E-state index in [1.807, 2.05) is 0 Å². The van der Waals surface area contributed by atoms with Gasteiger partial charge in [-0.3, -0.25) is 0 Å². The van der Waals surface area contributed by atoms with Crippen molar-refractivity contribution in [3.8, 4) is 0 Å². The average Bonchev–Trinajstić information content (AvgIpc) is 1.97. The maximum Gasteiger partial charge on any atom is 0.155 e. The van der Waals surface area contributed by atoms with Crippen LogP contribution in [0.5, 0.6) is 0 Å². The van der Waals surface area contributed by atoms with Gasteiger partial charge in [-0.15, -0.1) is 0 Å². The maximum absolute atomic E-state index is 12.9. The van der Waals surface area contributed by atoms with Crippen LogP contribution >= 0.6 is 38.5 Å². The van der Waals surface area contributed by atoms with Crippen LogP contribution in [0.15, 0.2) is 10.5 Å². The summed E-state index contributed by atoms with van der Waals surface area (Å²) in [5.74, 6) is -1.29. The molecule has 0 radical (unpaired) electrons. The first-order valence-electron chi connectivity index (χ1n) is 2.62. The molecule has 1 aromatic carbocycles. The highest BCUT2D eigenvalue weighted by Crippen LogP contribution is 2.28. The Morgan fingerprint density at radius 1 is 1.45 bits per heavy atom. The minimum atomic E-state index is -0.650. The molecule has 0 saturated heterocycles. The normalized spacial score (nSPS) is 10.2. The second-order valence-corrected chi connectivity index (χ2v) is 3.76. The van der Waals surface area contributed by atoms with Crippen molar-refractivity contribution in [3.05, 3.63) is 25.7 Å². The molecule has 0 aliphatic rings. The van der Waals surface area contributed by atoms with Gasteiger partial charge in [0.05, 0.1) is 13.7 Å². The lowest BCUT2D eigenvalue weighted by atomic mass is 10.3. The molecule has 0 heterocycles. The molecule has 0 spiro atoms. The highest BCUT2D eigenvalue weighted by molar-refractivity contribution is 14.1. The fourth-order valence-electron chi connectivity index (χ4n) is 0.591. The number of nitrogens with two attached hydrogens (primary N) is 1. The van der Waals surface area contributed by atoms with Gasteiger partial charge in [-0.25, -0.2) is 8.78 Å². The van der Waals surface area contributed by atoms with Crippen LogP contribution in [0.4, 0.5) is 14.5 Å². The third-order valence-electron chi connectivity index (χ3n) is 1.13. The second-order valence-electron chi connectivity index (χ2n) is 1.89. The van der Waals surface area contributed by atoms with Gasteiger partial charge in [-0.05, 0) is 44.6 Å². The Kier molecular flexibility index (Phi) is 2.69. The first kappa shape index (κ1) is 9.18. The first-order chi connectivity index (χ1) is 5.04. The predicted molar refractivity (Wildman–Crippen MR) is 51.2 cm³/mol. The van der Waals surface area contributed by atoms with Gasteiger partial charge in [-0.2, -0.15) is 0 Å². The van der Waals surface area contributed by atoms with E-state index in [2.05, 4.69) is 15.9 Å². The lowest BCUT2D eigenvalue weighted by Gasteiger charge is -2.02. The molecular formula is C6H3BrF2IN. The van der Waals surface area contributed by atoms with Crippen LogP contribution in [0.3, 0.4) is 0 Å². The first-order valence-corrected chi connectivity index (χ1v) is 4.49. The molecule has 60 valence electrons. The summed E-state index contributed by atoms with van der Waals surface area (Å²) in [6.45, 7) is 0. The van der Waals surface area contributed by atoms with Crippen LogP contribution in [0.25, 0.3) is 0 Å². The minimum absolute atomic E-state index is 0.0522. The van der Waals surface area contributed by atoms with Crippen LogP contribution in [0.1, 0.15) is 0 Å². The number of hydrogen-bond acceptors (Lipinski definition) is 1. The number of benzene rings is 1. The fraction of sp³-hybridized carbons (Fsp3) is 0. The van der Waals surface area contributed by atoms with Gasteiger partial charge in [0.15, 0.2) is 5.82 Å². The third-order valence-corrected chi connectivity index (χ3v) is 2.93. The molecule has 0 aromatic heterocycles. The zero-order valence-electron chi connectivity index (χ0n) is 5.17. The van der Waals surface area contributed by atoms with E-state index in [1.54, 1.807) is 22.6 Å². The quantitative estimate of drug-likeness (QED) is 0.336. The Hall–Kier alpha value is 0.0900. The number of nitrogen functional groups attached to an aromatic ring is 1. The highest BCUT2D eigenvalue weighted by Gasteiger charge is 2.12. The zero-order valence-corrected chi connectivity index (χ0v) is 8.91. The van der Waals surface area contributed by atoms with E-state index in [9.17, 15) is 8.78 Å². The topological polar surface area (TPSA) is 26.0 Å². The molecule has 0 unspecified atom stereocenters.